The maximum absolute atomic E-state index is 13.3. The molecular formula is C22H24N2O5S2. The van der Waals surface area contributed by atoms with E-state index >= 15 is 0 Å². The van der Waals surface area contributed by atoms with Crippen LogP contribution >= 0.6 is 0 Å². The van der Waals surface area contributed by atoms with Crippen molar-refractivity contribution in [3.8, 4) is 0 Å². The number of fused-ring (bicyclic) bond motifs is 2. The van der Waals surface area contributed by atoms with Gasteiger partial charge in [-0.25, -0.2) is 16.8 Å². The van der Waals surface area contributed by atoms with Gasteiger partial charge in [0, 0.05) is 12.2 Å². The molecule has 0 spiro atoms. The Morgan fingerprint density at radius 2 is 1.48 bits per heavy atom. The first kappa shape index (κ1) is 21.7. The van der Waals surface area contributed by atoms with Crippen molar-refractivity contribution in [1.29, 1.82) is 0 Å². The van der Waals surface area contributed by atoms with Crippen LogP contribution in [-0.2, 0) is 24.5 Å². The molecule has 1 amide bonds. The molecule has 3 atom stereocenters. The van der Waals surface area contributed by atoms with Gasteiger partial charge in [-0.2, -0.15) is 0 Å². The Hall–Kier alpha value is -2.49. The number of rotatable bonds is 6. The lowest BCUT2D eigenvalue weighted by Gasteiger charge is -2.40. The van der Waals surface area contributed by atoms with Crippen LogP contribution in [0.4, 0.5) is 0 Å². The van der Waals surface area contributed by atoms with Gasteiger partial charge in [-0.3, -0.25) is 9.69 Å². The van der Waals surface area contributed by atoms with Gasteiger partial charge < -0.3 is 4.90 Å². The number of nitrogens with zero attached hydrogens (tertiary/aromatic N) is 2. The van der Waals surface area contributed by atoms with Crippen LogP contribution in [0, 0.1) is 0 Å². The molecule has 2 saturated heterocycles. The average molecular weight is 461 g/mol. The lowest BCUT2D eigenvalue weighted by molar-refractivity contribution is -0.136. The number of piperazine rings is 1. The van der Waals surface area contributed by atoms with Crippen LogP contribution in [0.15, 0.2) is 82.7 Å². The molecule has 2 bridgehead atoms. The fourth-order valence-electron chi connectivity index (χ4n) is 4.47. The first-order valence-corrected chi connectivity index (χ1v) is 13.1. The van der Waals surface area contributed by atoms with E-state index in [-0.39, 0.29) is 34.4 Å². The Bertz CT molecular complexity index is 1210. The van der Waals surface area contributed by atoms with Gasteiger partial charge in [-0.05, 0) is 37.7 Å². The van der Waals surface area contributed by atoms with E-state index in [0.29, 0.717) is 5.70 Å². The molecule has 2 heterocycles. The van der Waals surface area contributed by atoms with Crippen LogP contribution in [0.1, 0.15) is 6.42 Å². The maximum Gasteiger partial charge on any atom is 0.244 e. The Morgan fingerprint density at radius 1 is 0.935 bits per heavy atom. The van der Waals surface area contributed by atoms with Gasteiger partial charge in [-0.1, -0.05) is 43.0 Å². The molecule has 4 rings (SSSR count). The predicted molar refractivity (Wildman–Crippen MR) is 117 cm³/mol. The van der Waals surface area contributed by atoms with Crippen molar-refractivity contribution in [2.24, 2.45) is 0 Å². The molecule has 2 aliphatic rings. The quantitative estimate of drug-likeness (QED) is 0.652. The molecule has 2 aliphatic heterocycles. The Labute approximate surface area is 182 Å². The highest BCUT2D eigenvalue weighted by Gasteiger charge is 2.55. The predicted octanol–water partition coefficient (Wildman–Crippen LogP) is 1.73. The zero-order valence-electron chi connectivity index (χ0n) is 17.1. The van der Waals surface area contributed by atoms with E-state index in [4.69, 9.17) is 0 Å². The van der Waals surface area contributed by atoms with Crippen LogP contribution in [0.25, 0.3) is 0 Å². The average Bonchev–Trinajstić information content (AvgIpc) is 3.06. The van der Waals surface area contributed by atoms with Gasteiger partial charge in [0.05, 0.1) is 32.9 Å². The van der Waals surface area contributed by atoms with Crippen molar-refractivity contribution in [3.05, 3.63) is 72.9 Å². The fraction of sp³-hybridized carbons (Fsp3) is 0.318. The molecule has 0 N–H and O–H groups in total. The molecule has 2 aromatic carbocycles. The van der Waals surface area contributed by atoms with Crippen LogP contribution in [0.2, 0.25) is 0 Å². The number of hydrogen-bond acceptors (Lipinski definition) is 6. The molecule has 2 aromatic rings. The van der Waals surface area contributed by atoms with E-state index in [9.17, 15) is 21.6 Å². The summed E-state index contributed by atoms with van der Waals surface area (Å²) in [4.78, 5) is 16.6. The minimum atomic E-state index is -3.69. The monoisotopic (exact) mass is 460 g/mol. The lowest BCUT2D eigenvalue weighted by Crippen LogP contribution is -2.56. The van der Waals surface area contributed by atoms with E-state index in [1.165, 1.54) is 17.0 Å². The summed E-state index contributed by atoms with van der Waals surface area (Å²) in [6.45, 7) is 3.95. The number of carbonyl (C=O) groups excluding carboxylic acids is 1. The molecule has 0 radical (unpaired) electrons. The lowest BCUT2D eigenvalue weighted by atomic mass is 10.1. The number of benzene rings is 2. The summed E-state index contributed by atoms with van der Waals surface area (Å²) >= 11 is 0. The molecule has 2 fully saturated rings. The second-order valence-electron chi connectivity index (χ2n) is 7.87. The molecule has 0 unspecified atom stereocenters. The van der Waals surface area contributed by atoms with Crippen LogP contribution in [0.3, 0.4) is 0 Å². The Kier molecular flexibility index (Phi) is 5.53. The summed E-state index contributed by atoms with van der Waals surface area (Å²) < 4.78 is 51.9. The van der Waals surface area contributed by atoms with Gasteiger partial charge in [0.25, 0.3) is 0 Å². The molecule has 0 aliphatic carbocycles. The molecular weight excluding hydrogens is 436 g/mol. The standard InChI is InChI=1S/C22H24N2O5S2/c1-16-21-20(31(28,29)18-11-7-4-8-12-18)15-19(23(21)2)22(25)24(16)13-14-30(26,27)17-9-5-3-6-10-17/h3-12,19-21H,1,13-15H2,2H3/t19-,20+,21-/m0/s1. The van der Waals surface area contributed by atoms with Crippen molar-refractivity contribution < 1.29 is 21.6 Å². The summed E-state index contributed by atoms with van der Waals surface area (Å²) in [7, 11) is -5.56. The molecule has 9 heteroatoms. The summed E-state index contributed by atoms with van der Waals surface area (Å²) in [6.07, 6.45) is 0.151. The second-order valence-corrected chi connectivity index (χ2v) is 12.1. The zero-order chi connectivity index (χ0) is 22.4. The smallest absolute Gasteiger partial charge is 0.244 e. The van der Waals surface area contributed by atoms with Crippen LogP contribution < -0.4 is 0 Å². The van der Waals surface area contributed by atoms with E-state index in [1.807, 2.05) is 0 Å². The number of likely N-dealkylation sites (N-methyl/N-ethyl adjacent to an activating group) is 1. The van der Waals surface area contributed by atoms with Gasteiger partial charge in [0.1, 0.15) is 0 Å². The van der Waals surface area contributed by atoms with Gasteiger partial charge in [0.15, 0.2) is 19.7 Å². The third-order valence-electron chi connectivity index (χ3n) is 6.13. The van der Waals surface area contributed by atoms with E-state index in [0.717, 1.165) is 0 Å². The van der Waals surface area contributed by atoms with Gasteiger partial charge in [0.2, 0.25) is 5.91 Å². The summed E-state index contributed by atoms with van der Waals surface area (Å²) in [6, 6.07) is 15.0. The summed E-state index contributed by atoms with van der Waals surface area (Å²) in [5.41, 5.74) is 0.328. The molecule has 0 saturated carbocycles. The van der Waals surface area contributed by atoms with E-state index in [1.54, 1.807) is 60.5 Å². The first-order chi connectivity index (χ1) is 14.6. The van der Waals surface area contributed by atoms with Crippen molar-refractivity contribution in [3.63, 3.8) is 0 Å². The minimum Gasteiger partial charge on any atom is -0.313 e. The topological polar surface area (TPSA) is 91.8 Å². The molecule has 7 nitrogen and oxygen atoms in total. The first-order valence-electron chi connectivity index (χ1n) is 9.93. The fourth-order valence-corrected chi connectivity index (χ4v) is 7.71. The van der Waals surface area contributed by atoms with Crippen molar-refractivity contribution in [2.45, 2.75) is 33.5 Å². The number of hydrogen-bond donors (Lipinski definition) is 0. The largest absolute Gasteiger partial charge is 0.313 e. The third kappa shape index (κ3) is 3.71. The molecule has 0 aromatic heterocycles. The van der Waals surface area contributed by atoms with Gasteiger partial charge in [-0.15, -0.1) is 0 Å². The Morgan fingerprint density at radius 3 is 2.06 bits per heavy atom. The number of carbonyl (C=O) groups is 1. The van der Waals surface area contributed by atoms with Gasteiger partial charge >= 0.3 is 0 Å². The highest BCUT2D eigenvalue weighted by atomic mass is 32.2. The number of sulfone groups is 2. The highest BCUT2D eigenvalue weighted by molar-refractivity contribution is 7.92. The van der Waals surface area contributed by atoms with Crippen molar-refractivity contribution >= 4 is 25.6 Å². The normalized spacial score (nSPS) is 24.5. The van der Waals surface area contributed by atoms with Crippen molar-refractivity contribution in [2.75, 3.05) is 19.3 Å². The molecule has 164 valence electrons. The van der Waals surface area contributed by atoms with E-state index < -0.39 is 37.0 Å². The highest BCUT2D eigenvalue weighted by Crippen LogP contribution is 2.40. The van der Waals surface area contributed by atoms with Crippen LogP contribution in [-0.4, -0.2) is 69.2 Å². The summed E-state index contributed by atoms with van der Waals surface area (Å²) in [5, 5.41) is -0.822. The second kappa shape index (κ2) is 7.89. The molecule has 31 heavy (non-hydrogen) atoms. The summed E-state index contributed by atoms with van der Waals surface area (Å²) in [5.74, 6) is -0.570. The number of likely N-dealkylation sites (tertiary alicyclic amines) is 1. The van der Waals surface area contributed by atoms with Crippen molar-refractivity contribution in [1.82, 2.24) is 9.80 Å². The Balaban J connectivity index is 1.59. The van der Waals surface area contributed by atoms with Crippen LogP contribution in [0.5, 0.6) is 0 Å². The zero-order valence-corrected chi connectivity index (χ0v) is 18.7. The maximum atomic E-state index is 13.3. The number of amides is 1. The SMILES string of the molecule is C=C1[C@H]2[C@H](S(=O)(=O)c3ccccc3)C[C@@H](C(=O)N1CCS(=O)(=O)c1ccccc1)N2C. The minimum absolute atomic E-state index is 0.0617. The third-order valence-corrected chi connectivity index (χ3v) is 10.0. The van der Waals surface area contributed by atoms with E-state index in [2.05, 4.69) is 6.58 Å².